The van der Waals surface area contributed by atoms with Gasteiger partial charge in [0, 0.05) is 55.7 Å². The fraction of sp³-hybridized carbons (Fsp3) is 0.529. The number of benzene rings is 2. The molecule has 0 saturated carbocycles. The number of methoxy groups -OCH3 is 1. The fourth-order valence-electron chi connectivity index (χ4n) is 5.71. The molecular weight excluding hydrogens is 590 g/mol. The van der Waals surface area contributed by atoms with Crippen molar-refractivity contribution in [3.05, 3.63) is 53.1 Å². The monoisotopic (exact) mass is 639 g/mol. The van der Waals surface area contributed by atoms with E-state index < -0.39 is 6.09 Å². The zero-order valence-electron chi connectivity index (χ0n) is 27.5. The van der Waals surface area contributed by atoms with Gasteiger partial charge >= 0.3 is 6.09 Å². The average molecular weight is 640 g/mol. The number of anilines is 1. The maximum atomic E-state index is 13.2. The molecule has 252 valence electrons. The highest BCUT2D eigenvalue weighted by Crippen LogP contribution is 2.47. The molecule has 1 atom stereocenters. The number of nitrogens with two attached hydrogens (primary N) is 1. The lowest BCUT2D eigenvalue weighted by Crippen LogP contribution is -2.47. The smallest absolute Gasteiger partial charge is 0.407 e. The summed E-state index contributed by atoms with van der Waals surface area (Å²) < 4.78 is 15.9. The molecule has 2 aromatic carbocycles. The van der Waals surface area contributed by atoms with Crippen LogP contribution in [0.1, 0.15) is 86.7 Å². The van der Waals surface area contributed by atoms with Crippen molar-refractivity contribution in [1.82, 2.24) is 16.0 Å². The number of hydrogen-bond acceptors (Lipinski definition) is 8. The first kappa shape index (κ1) is 36.5. The number of alkyl carbamates (subject to hydrolysis) is 1. The standard InChI is InChI=1S/C34H49N5O7/c1-5-34(6-2,7-3)39-33(43)46-21-28-24-10-8-11-26(32(42)37-16-18-44-4)31(24)25-15-14-23(20-27(25)28)38-30(41)13-9-12-29(40)36-17-19-45-22-35/h8,10-11,14-15,20,28H,5-7,9,12-13,16-19,21-22,35H2,1-4H3,(H,36,40)(H,37,42)(H,38,41)(H,39,43). The van der Waals surface area contributed by atoms with Gasteiger partial charge in [0.1, 0.15) is 6.61 Å². The summed E-state index contributed by atoms with van der Waals surface area (Å²) >= 11 is 0. The molecule has 0 aromatic heterocycles. The summed E-state index contributed by atoms with van der Waals surface area (Å²) in [4.78, 5) is 51.0. The molecule has 12 heteroatoms. The Morgan fingerprint density at radius 1 is 0.891 bits per heavy atom. The minimum atomic E-state index is -0.491. The lowest BCUT2D eigenvalue weighted by atomic mass is 9.90. The SMILES string of the molecule is CCC(CC)(CC)NC(=O)OCC1c2cc(NC(=O)CCCC(=O)NCCOCN)ccc2-c2c(C(=O)NCCOC)cccc21. The Bertz CT molecular complexity index is 1340. The zero-order valence-corrected chi connectivity index (χ0v) is 27.5. The summed E-state index contributed by atoms with van der Waals surface area (Å²) in [6.07, 6.45) is 2.61. The molecule has 3 rings (SSSR count). The first-order chi connectivity index (χ1) is 22.2. The number of carbonyl (C=O) groups excluding carboxylic acids is 4. The van der Waals surface area contributed by atoms with E-state index in [2.05, 4.69) is 21.3 Å². The van der Waals surface area contributed by atoms with Crippen molar-refractivity contribution >= 4 is 29.5 Å². The molecule has 46 heavy (non-hydrogen) atoms. The van der Waals surface area contributed by atoms with E-state index in [0.29, 0.717) is 44.0 Å². The number of nitrogens with one attached hydrogen (secondary N) is 4. The van der Waals surface area contributed by atoms with Crippen molar-refractivity contribution in [1.29, 1.82) is 0 Å². The Kier molecular flexibility index (Phi) is 14.4. The lowest BCUT2D eigenvalue weighted by molar-refractivity contribution is -0.121. The molecular formula is C34H49N5O7. The van der Waals surface area contributed by atoms with Crippen LogP contribution < -0.4 is 27.0 Å². The topological polar surface area (TPSA) is 170 Å². The van der Waals surface area contributed by atoms with E-state index in [9.17, 15) is 19.2 Å². The fourth-order valence-corrected chi connectivity index (χ4v) is 5.71. The predicted molar refractivity (Wildman–Crippen MR) is 177 cm³/mol. The predicted octanol–water partition coefficient (Wildman–Crippen LogP) is 4.03. The molecule has 0 spiro atoms. The van der Waals surface area contributed by atoms with E-state index in [0.717, 1.165) is 41.5 Å². The van der Waals surface area contributed by atoms with Crippen molar-refractivity contribution in [2.75, 3.05) is 52.1 Å². The Hall–Kier alpha value is -4.00. The highest BCUT2D eigenvalue weighted by molar-refractivity contribution is 6.04. The van der Waals surface area contributed by atoms with Gasteiger partial charge in [-0.3, -0.25) is 14.4 Å². The normalized spacial score (nSPS) is 13.4. The second-order valence-electron chi connectivity index (χ2n) is 11.3. The molecule has 0 radical (unpaired) electrons. The van der Waals surface area contributed by atoms with Crippen LogP contribution in [0.2, 0.25) is 0 Å². The summed E-state index contributed by atoms with van der Waals surface area (Å²) in [6.45, 7) is 7.71. The Morgan fingerprint density at radius 3 is 2.30 bits per heavy atom. The maximum absolute atomic E-state index is 13.2. The van der Waals surface area contributed by atoms with E-state index in [4.69, 9.17) is 19.9 Å². The number of ether oxygens (including phenoxy) is 3. The molecule has 1 unspecified atom stereocenters. The molecule has 0 saturated heterocycles. The third-order valence-corrected chi connectivity index (χ3v) is 8.56. The number of amides is 4. The van der Waals surface area contributed by atoms with Crippen LogP contribution in [-0.4, -0.2) is 76.1 Å². The first-order valence-corrected chi connectivity index (χ1v) is 16.1. The van der Waals surface area contributed by atoms with E-state index in [-0.39, 0.29) is 55.4 Å². The average Bonchev–Trinajstić information content (AvgIpc) is 3.37. The van der Waals surface area contributed by atoms with Gasteiger partial charge in [-0.15, -0.1) is 0 Å². The summed E-state index contributed by atoms with van der Waals surface area (Å²) in [6, 6.07) is 11.1. The van der Waals surface area contributed by atoms with Crippen molar-refractivity contribution in [3.63, 3.8) is 0 Å². The van der Waals surface area contributed by atoms with Gasteiger partial charge in [0.25, 0.3) is 5.91 Å². The second kappa shape index (κ2) is 18.2. The molecule has 0 fully saturated rings. The molecule has 0 heterocycles. The summed E-state index contributed by atoms with van der Waals surface area (Å²) in [5.41, 5.74) is 9.30. The van der Waals surface area contributed by atoms with Crippen LogP contribution in [-0.2, 0) is 23.8 Å². The number of rotatable bonds is 19. The minimum Gasteiger partial charge on any atom is -0.449 e. The second-order valence-corrected chi connectivity index (χ2v) is 11.3. The molecule has 12 nitrogen and oxygen atoms in total. The molecule has 6 N–H and O–H groups in total. The van der Waals surface area contributed by atoms with E-state index >= 15 is 0 Å². The summed E-state index contributed by atoms with van der Waals surface area (Å²) in [5, 5.41) is 11.6. The van der Waals surface area contributed by atoms with Gasteiger partial charge in [-0.25, -0.2) is 4.79 Å². The molecule has 1 aliphatic carbocycles. The Balaban J connectivity index is 1.79. The van der Waals surface area contributed by atoms with Crippen LogP contribution in [0.5, 0.6) is 0 Å². The molecule has 4 amide bonds. The van der Waals surface area contributed by atoms with Crippen LogP contribution in [0.15, 0.2) is 36.4 Å². The third kappa shape index (κ3) is 9.75. The number of carbonyl (C=O) groups is 4. The Labute approximate surface area is 271 Å². The van der Waals surface area contributed by atoms with Gasteiger partial charge in [0.15, 0.2) is 0 Å². The highest BCUT2D eigenvalue weighted by Gasteiger charge is 2.34. The number of fused-ring (bicyclic) bond motifs is 3. The molecule has 2 aromatic rings. The van der Waals surface area contributed by atoms with Gasteiger partial charge in [-0.1, -0.05) is 39.0 Å². The third-order valence-electron chi connectivity index (χ3n) is 8.56. The van der Waals surface area contributed by atoms with Crippen molar-refractivity contribution in [2.24, 2.45) is 5.73 Å². The van der Waals surface area contributed by atoms with Crippen molar-refractivity contribution in [2.45, 2.75) is 70.8 Å². The van der Waals surface area contributed by atoms with Gasteiger partial charge in [0.05, 0.1) is 19.9 Å². The minimum absolute atomic E-state index is 0.0522. The van der Waals surface area contributed by atoms with Gasteiger partial charge in [-0.05, 0) is 66.1 Å². The van der Waals surface area contributed by atoms with Crippen LogP contribution >= 0.6 is 0 Å². The van der Waals surface area contributed by atoms with Crippen LogP contribution in [0, 0.1) is 0 Å². The summed E-state index contributed by atoms with van der Waals surface area (Å²) in [5.74, 6) is -0.974. The van der Waals surface area contributed by atoms with E-state index in [1.165, 1.54) is 0 Å². The van der Waals surface area contributed by atoms with Crippen LogP contribution in [0.4, 0.5) is 10.5 Å². The van der Waals surface area contributed by atoms with Crippen LogP contribution in [0.25, 0.3) is 11.1 Å². The van der Waals surface area contributed by atoms with Crippen molar-refractivity contribution < 1.29 is 33.4 Å². The van der Waals surface area contributed by atoms with Crippen molar-refractivity contribution in [3.8, 4) is 11.1 Å². The quantitative estimate of drug-likeness (QED) is 0.113. The van der Waals surface area contributed by atoms with E-state index in [1.54, 1.807) is 19.2 Å². The lowest BCUT2D eigenvalue weighted by Gasteiger charge is -2.31. The maximum Gasteiger partial charge on any atom is 0.407 e. The summed E-state index contributed by atoms with van der Waals surface area (Å²) in [7, 11) is 1.57. The van der Waals surface area contributed by atoms with Gasteiger partial charge in [-0.2, -0.15) is 0 Å². The zero-order chi connectivity index (χ0) is 33.5. The first-order valence-electron chi connectivity index (χ1n) is 16.1. The largest absolute Gasteiger partial charge is 0.449 e. The van der Waals surface area contributed by atoms with E-state index in [1.807, 2.05) is 45.0 Å². The molecule has 1 aliphatic rings. The van der Waals surface area contributed by atoms with Gasteiger partial charge < -0.3 is 41.2 Å². The molecule has 0 aliphatic heterocycles. The molecule has 0 bridgehead atoms. The Morgan fingerprint density at radius 2 is 1.61 bits per heavy atom. The van der Waals surface area contributed by atoms with Crippen LogP contribution in [0.3, 0.4) is 0 Å². The highest BCUT2D eigenvalue weighted by atomic mass is 16.5. The number of hydrogen-bond donors (Lipinski definition) is 5. The van der Waals surface area contributed by atoms with Gasteiger partial charge in [0.2, 0.25) is 11.8 Å².